The van der Waals surface area contributed by atoms with Crippen molar-refractivity contribution in [1.29, 1.82) is 0 Å². The summed E-state index contributed by atoms with van der Waals surface area (Å²) >= 11 is 0. The van der Waals surface area contributed by atoms with Gasteiger partial charge < -0.3 is 10.2 Å². The molecule has 0 fully saturated rings. The molecule has 0 radical (unpaired) electrons. The van der Waals surface area contributed by atoms with Crippen LogP contribution in [-0.2, 0) is 9.59 Å². The number of carbonyl (C=O) groups excluding carboxylic acids is 2. The fraction of sp³-hybridized carbons (Fsp3) is 0.111. The topological polar surface area (TPSA) is 123 Å². The minimum Gasteiger partial charge on any atom is -0.507 e. The highest BCUT2D eigenvalue weighted by molar-refractivity contribution is 5.87. The number of carbonyl (C=O) groups is 2. The zero-order chi connectivity index (χ0) is 18.8. The van der Waals surface area contributed by atoms with Gasteiger partial charge in [-0.25, -0.2) is 10.9 Å². The van der Waals surface area contributed by atoms with Crippen molar-refractivity contribution in [2.24, 2.45) is 10.2 Å². The minimum atomic E-state index is -0.448. The molecule has 0 unspecified atom stereocenters. The number of nitrogens with zero attached hydrogens (tertiary/aromatic N) is 2. The predicted octanol–water partition coefficient (Wildman–Crippen LogP) is 1.48. The van der Waals surface area contributed by atoms with E-state index in [1.165, 1.54) is 24.6 Å². The van der Waals surface area contributed by atoms with E-state index in [-0.39, 0.29) is 24.3 Å². The quantitative estimate of drug-likeness (QED) is 0.444. The molecule has 0 saturated carbocycles. The molecule has 2 amide bonds. The summed E-state index contributed by atoms with van der Waals surface area (Å²) in [4.78, 5) is 23.2. The Morgan fingerprint density at radius 1 is 0.769 bits per heavy atom. The number of phenols is 2. The van der Waals surface area contributed by atoms with Gasteiger partial charge in [0, 0.05) is 24.0 Å². The van der Waals surface area contributed by atoms with Crippen LogP contribution < -0.4 is 10.9 Å². The van der Waals surface area contributed by atoms with Crippen LogP contribution in [0.4, 0.5) is 0 Å². The molecule has 0 spiro atoms. The molecule has 0 aromatic heterocycles. The molecule has 0 aliphatic rings. The van der Waals surface area contributed by atoms with Crippen molar-refractivity contribution >= 4 is 24.2 Å². The summed E-state index contributed by atoms with van der Waals surface area (Å²) in [7, 11) is 0. The molecule has 0 aliphatic carbocycles. The average molecular weight is 354 g/mol. The lowest BCUT2D eigenvalue weighted by Gasteiger charge is -2.01. The number of rotatable bonds is 7. The first-order chi connectivity index (χ1) is 12.6. The van der Waals surface area contributed by atoms with Crippen LogP contribution in [0, 0.1) is 0 Å². The Morgan fingerprint density at radius 3 is 1.54 bits per heavy atom. The molecular weight excluding hydrogens is 336 g/mol. The molecule has 2 aromatic rings. The van der Waals surface area contributed by atoms with Crippen LogP contribution in [0.3, 0.4) is 0 Å². The van der Waals surface area contributed by atoms with Gasteiger partial charge in [0.05, 0.1) is 12.4 Å². The number of aromatic hydroxyl groups is 2. The Morgan fingerprint density at radius 2 is 1.15 bits per heavy atom. The van der Waals surface area contributed by atoms with Crippen molar-refractivity contribution in [3.63, 3.8) is 0 Å². The van der Waals surface area contributed by atoms with E-state index >= 15 is 0 Å². The van der Waals surface area contributed by atoms with Crippen LogP contribution in [0.5, 0.6) is 11.5 Å². The molecule has 8 nitrogen and oxygen atoms in total. The molecule has 134 valence electrons. The van der Waals surface area contributed by atoms with Crippen LogP contribution in [0.2, 0.25) is 0 Å². The van der Waals surface area contributed by atoms with E-state index in [1.54, 1.807) is 36.4 Å². The second-order valence-electron chi connectivity index (χ2n) is 5.20. The number of phenolic OH excluding ortho intramolecular Hbond substituents is 2. The first-order valence-electron chi connectivity index (χ1n) is 7.76. The van der Waals surface area contributed by atoms with Crippen molar-refractivity contribution in [2.75, 3.05) is 0 Å². The van der Waals surface area contributed by atoms with Crippen LogP contribution in [0.1, 0.15) is 24.0 Å². The Kier molecular flexibility index (Phi) is 6.87. The third-order valence-electron chi connectivity index (χ3n) is 3.24. The van der Waals surface area contributed by atoms with Gasteiger partial charge in [-0.15, -0.1) is 0 Å². The molecule has 0 aliphatic heterocycles. The Bertz CT molecular complexity index is 764. The fourth-order valence-corrected chi connectivity index (χ4v) is 1.88. The lowest BCUT2D eigenvalue weighted by molar-refractivity contribution is -0.126. The number of hydrogen-bond donors (Lipinski definition) is 4. The molecule has 0 saturated heterocycles. The third kappa shape index (κ3) is 6.08. The van der Waals surface area contributed by atoms with Gasteiger partial charge in [-0.05, 0) is 24.3 Å². The Balaban J connectivity index is 1.71. The summed E-state index contributed by atoms with van der Waals surface area (Å²) in [6.07, 6.45) is 2.47. The summed E-state index contributed by atoms with van der Waals surface area (Å²) in [6.45, 7) is 0. The van der Waals surface area contributed by atoms with E-state index in [2.05, 4.69) is 21.1 Å². The van der Waals surface area contributed by atoms with E-state index in [0.29, 0.717) is 11.1 Å². The van der Waals surface area contributed by atoms with Crippen LogP contribution in [0.25, 0.3) is 0 Å². The SMILES string of the molecule is O=C(CCC(=O)N/N=C/c1ccccc1O)N/N=C\c1ccccc1O. The van der Waals surface area contributed by atoms with Crippen molar-refractivity contribution in [3.8, 4) is 11.5 Å². The molecule has 8 heteroatoms. The summed E-state index contributed by atoms with van der Waals surface area (Å²) in [5.41, 5.74) is 5.47. The van der Waals surface area contributed by atoms with Gasteiger partial charge in [0.15, 0.2) is 0 Å². The number of para-hydroxylation sites is 2. The number of amides is 2. The molecule has 4 N–H and O–H groups in total. The van der Waals surface area contributed by atoms with Crippen molar-refractivity contribution in [3.05, 3.63) is 59.7 Å². The molecule has 0 heterocycles. The summed E-state index contributed by atoms with van der Waals surface area (Å²) in [5.74, 6) is -0.799. The van der Waals surface area contributed by atoms with Gasteiger partial charge in [0.25, 0.3) is 0 Å². The first kappa shape index (κ1) is 18.7. The lowest BCUT2D eigenvalue weighted by Crippen LogP contribution is -2.22. The largest absolute Gasteiger partial charge is 0.507 e. The van der Waals surface area contributed by atoms with E-state index in [0.717, 1.165) is 0 Å². The van der Waals surface area contributed by atoms with Gasteiger partial charge in [-0.3, -0.25) is 9.59 Å². The molecule has 2 aromatic carbocycles. The fourth-order valence-electron chi connectivity index (χ4n) is 1.88. The molecule has 0 bridgehead atoms. The highest BCUT2D eigenvalue weighted by atomic mass is 16.3. The second kappa shape index (κ2) is 9.58. The molecule has 2 rings (SSSR count). The van der Waals surface area contributed by atoms with Gasteiger partial charge in [-0.1, -0.05) is 24.3 Å². The van der Waals surface area contributed by atoms with E-state index in [4.69, 9.17) is 0 Å². The maximum Gasteiger partial charge on any atom is 0.240 e. The zero-order valence-corrected chi connectivity index (χ0v) is 13.8. The molecule has 0 atom stereocenters. The molecular formula is C18H18N4O4. The van der Waals surface area contributed by atoms with Crippen LogP contribution in [-0.4, -0.2) is 34.5 Å². The minimum absolute atomic E-state index is 0.0483. The van der Waals surface area contributed by atoms with E-state index < -0.39 is 11.8 Å². The van der Waals surface area contributed by atoms with E-state index in [1.807, 2.05) is 0 Å². The maximum atomic E-state index is 11.6. The monoisotopic (exact) mass is 354 g/mol. The zero-order valence-electron chi connectivity index (χ0n) is 13.8. The highest BCUT2D eigenvalue weighted by Gasteiger charge is 2.05. The standard InChI is InChI=1S/C18H18N4O4/c23-15-7-3-1-5-13(15)11-19-21-17(25)9-10-18(26)22-20-12-14-6-2-4-8-16(14)24/h1-8,11-12,23-24H,9-10H2,(H,21,25)(H,22,26)/b19-11-,20-12+. The number of nitrogens with one attached hydrogen (secondary N) is 2. The van der Waals surface area contributed by atoms with Gasteiger partial charge in [-0.2, -0.15) is 10.2 Å². The summed E-state index contributed by atoms with van der Waals surface area (Å²) in [6, 6.07) is 13.1. The Hall–Kier alpha value is -3.68. The summed E-state index contributed by atoms with van der Waals surface area (Å²) in [5, 5.41) is 26.5. The predicted molar refractivity (Wildman–Crippen MR) is 96.9 cm³/mol. The third-order valence-corrected chi connectivity index (χ3v) is 3.24. The summed E-state index contributed by atoms with van der Waals surface area (Å²) < 4.78 is 0. The Labute approximate surface area is 149 Å². The lowest BCUT2D eigenvalue weighted by atomic mass is 10.2. The first-order valence-corrected chi connectivity index (χ1v) is 7.76. The van der Waals surface area contributed by atoms with Crippen LogP contribution in [0.15, 0.2) is 58.7 Å². The van der Waals surface area contributed by atoms with E-state index in [9.17, 15) is 19.8 Å². The van der Waals surface area contributed by atoms with Crippen molar-refractivity contribution in [1.82, 2.24) is 10.9 Å². The van der Waals surface area contributed by atoms with Gasteiger partial charge in [0.1, 0.15) is 11.5 Å². The number of hydrazone groups is 2. The van der Waals surface area contributed by atoms with Gasteiger partial charge >= 0.3 is 0 Å². The molecule has 26 heavy (non-hydrogen) atoms. The second-order valence-corrected chi connectivity index (χ2v) is 5.20. The van der Waals surface area contributed by atoms with Crippen molar-refractivity contribution in [2.45, 2.75) is 12.8 Å². The normalized spacial score (nSPS) is 10.9. The number of hydrogen-bond acceptors (Lipinski definition) is 6. The average Bonchev–Trinajstić information content (AvgIpc) is 2.63. The van der Waals surface area contributed by atoms with Crippen molar-refractivity contribution < 1.29 is 19.8 Å². The highest BCUT2D eigenvalue weighted by Crippen LogP contribution is 2.13. The smallest absolute Gasteiger partial charge is 0.240 e. The number of benzene rings is 2. The van der Waals surface area contributed by atoms with Gasteiger partial charge in [0.2, 0.25) is 11.8 Å². The maximum absolute atomic E-state index is 11.6. The van der Waals surface area contributed by atoms with Crippen LogP contribution >= 0.6 is 0 Å².